The first-order chi connectivity index (χ1) is 10.1. The summed E-state index contributed by atoms with van der Waals surface area (Å²) in [5.41, 5.74) is 0.554. The molecule has 1 amide bonds. The van der Waals surface area contributed by atoms with Crippen molar-refractivity contribution in [1.82, 2.24) is 19.9 Å². The van der Waals surface area contributed by atoms with Crippen LogP contribution in [0.25, 0.3) is 5.82 Å². The van der Waals surface area contributed by atoms with E-state index in [2.05, 4.69) is 15.3 Å². The van der Waals surface area contributed by atoms with Crippen LogP contribution in [0.4, 0.5) is 0 Å². The molecule has 0 bridgehead atoms. The highest BCUT2D eigenvalue weighted by Gasteiger charge is 2.11. The van der Waals surface area contributed by atoms with E-state index in [1.165, 1.54) is 0 Å². The summed E-state index contributed by atoms with van der Waals surface area (Å²) in [4.78, 5) is 20.3. The summed E-state index contributed by atoms with van der Waals surface area (Å²) >= 11 is 0. The van der Waals surface area contributed by atoms with Crippen LogP contribution in [0.2, 0.25) is 0 Å². The highest BCUT2D eigenvalue weighted by atomic mass is 16.3. The SMILES string of the molecule is CC(O)CC(C)CNC(=O)c1ccnc(-n2ccnc2)c1. The summed E-state index contributed by atoms with van der Waals surface area (Å²) in [5, 5.41) is 12.2. The number of aliphatic hydroxyl groups excluding tert-OH is 1. The number of hydrogen-bond donors (Lipinski definition) is 2. The van der Waals surface area contributed by atoms with Crippen LogP contribution in [-0.4, -0.2) is 38.2 Å². The predicted molar refractivity (Wildman–Crippen MR) is 79.2 cm³/mol. The van der Waals surface area contributed by atoms with E-state index in [0.29, 0.717) is 24.3 Å². The van der Waals surface area contributed by atoms with Gasteiger partial charge in [-0.05, 0) is 31.4 Å². The Morgan fingerprint density at radius 1 is 1.43 bits per heavy atom. The predicted octanol–water partition coefficient (Wildman–Crippen LogP) is 1.40. The first kappa shape index (κ1) is 15.2. The van der Waals surface area contributed by atoms with E-state index in [1.807, 2.05) is 6.92 Å². The molecule has 2 aromatic heterocycles. The molecule has 0 aliphatic heterocycles. The van der Waals surface area contributed by atoms with Gasteiger partial charge < -0.3 is 10.4 Å². The number of pyridine rings is 1. The Bertz CT molecular complexity index is 581. The number of carbonyl (C=O) groups is 1. The first-order valence-corrected chi connectivity index (χ1v) is 6.97. The van der Waals surface area contributed by atoms with E-state index in [1.54, 1.807) is 48.5 Å². The van der Waals surface area contributed by atoms with Crippen LogP contribution in [0.1, 0.15) is 30.6 Å². The van der Waals surface area contributed by atoms with Crippen molar-refractivity contribution in [2.45, 2.75) is 26.4 Å². The molecule has 0 aliphatic carbocycles. The van der Waals surface area contributed by atoms with E-state index in [9.17, 15) is 9.90 Å². The van der Waals surface area contributed by atoms with Gasteiger partial charge in [0.15, 0.2) is 0 Å². The van der Waals surface area contributed by atoms with Crippen molar-refractivity contribution in [2.75, 3.05) is 6.54 Å². The molecule has 0 saturated heterocycles. The first-order valence-electron chi connectivity index (χ1n) is 6.97. The number of amides is 1. The topological polar surface area (TPSA) is 80.0 Å². The minimum Gasteiger partial charge on any atom is -0.393 e. The van der Waals surface area contributed by atoms with Gasteiger partial charge in [0.1, 0.15) is 12.1 Å². The lowest BCUT2D eigenvalue weighted by Crippen LogP contribution is -2.29. The molecule has 2 unspecified atom stereocenters. The molecule has 6 nitrogen and oxygen atoms in total. The smallest absolute Gasteiger partial charge is 0.251 e. The highest BCUT2D eigenvalue weighted by molar-refractivity contribution is 5.94. The Morgan fingerprint density at radius 2 is 2.24 bits per heavy atom. The van der Waals surface area contributed by atoms with Crippen LogP contribution in [0.15, 0.2) is 37.1 Å². The Kier molecular flexibility index (Phi) is 5.05. The molecule has 0 saturated carbocycles. The number of aliphatic hydroxyl groups is 1. The number of carbonyl (C=O) groups excluding carboxylic acids is 1. The normalized spacial score (nSPS) is 13.7. The molecule has 2 N–H and O–H groups in total. The second kappa shape index (κ2) is 6.99. The fourth-order valence-electron chi connectivity index (χ4n) is 2.13. The average molecular weight is 288 g/mol. The van der Waals surface area contributed by atoms with E-state index >= 15 is 0 Å². The van der Waals surface area contributed by atoms with E-state index in [0.717, 1.165) is 0 Å². The van der Waals surface area contributed by atoms with Crippen molar-refractivity contribution < 1.29 is 9.90 Å². The van der Waals surface area contributed by atoms with Crippen LogP contribution in [-0.2, 0) is 0 Å². The van der Waals surface area contributed by atoms with Crippen LogP contribution >= 0.6 is 0 Å². The number of rotatable bonds is 6. The van der Waals surface area contributed by atoms with E-state index in [-0.39, 0.29) is 17.9 Å². The lowest BCUT2D eigenvalue weighted by molar-refractivity contribution is 0.0939. The molecular formula is C15H20N4O2. The Hall–Kier alpha value is -2.21. The molecule has 2 heterocycles. The minimum atomic E-state index is -0.356. The van der Waals surface area contributed by atoms with Gasteiger partial charge in [0, 0.05) is 30.7 Å². The van der Waals surface area contributed by atoms with Gasteiger partial charge in [-0.1, -0.05) is 6.92 Å². The third-order valence-electron chi connectivity index (χ3n) is 3.13. The zero-order valence-electron chi connectivity index (χ0n) is 12.2. The van der Waals surface area contributed by atoms with Crippen molar-refractivity contribution in [3.05, 3.63) is 42.6 Å². The quantitative estimate of drug-likeness (QED) is 0.842. The second-order valence-electron chi connectivity index (χ2n) is 5.27. The fourth-order valence-corrected chi connectivity index (χ4v) is 2.13. The monoisotopic (exact) mass is 288 g/mol. The minimum absolute atomic E-state index is 0.142. The number of imidazole rings is 1. The van der Waals surface area contributed by atoms with Crippen LogP contribution < -0.4 is 5.32 Å². The van der Waals surface area contributed by atoms with Gasteiger partial charge in [0.2, 0.25) is 0 Å². The largest absolute Gasteiger partial charge is 0.393 e. The molecule has 2 atom stereocenters. The summed E-state index contributed by atoms with van der Waals surface area (Å²) in [6.45, 7) is 4.28. The third kappa shape index (κ3) is 4.39. The molecule has 0 radical (unpaired) electrons. The maximum absolute atomic E-state index is 12.1. The molecule has 0 spiro atoms. The van der Waals surface area contributed by atoms with Gasteiger partial charge in [-0.2, -0.15) is 0 Å². The molecular weight excluding hydrogens is 268 g/mol. The number of nitrogens with zero attached hydrogens (tertiary/aromatic N) is 3. The summed E-state index contributed by atoms with van der Waals surface area (Å²) in [6.07, 6.45) is 6.97. The highest BCUT2D eigenvalue weighted by Crippen LogP contribution is 2.08. The number of hydrogen-bond acceptors (Lipinski definition) is 4. The van der Waals surface area contributed by atoms with Gasteiger partial charge in [-0.15, -0.1) is 0 Å². The molecule has 0 fully saturated rings. The number of aromatic nitrogens is 3. The molecule has 21 heavy (non-hydrogen) atoms. The van der Waals surface area contributed by atoms with Crippen molar-refractivity contribution in [1.29, 1.82) is 0 Å². The van der Waals surface area contributed by atoms with E-state index < -0.39 is 0 Å². The summed E-state index contributed by atoms with van der Waals surface area (Å²) in [6, 6.07) is 3.39. The standard InChI is InChI=1S/C15H20N4O2/c1-11(7-12(2)20)9-18-15(21)13-3-4-17-14(8-13)19-6-5-16-10-19/h3-6,8,10-12,20H,7,9H2,1-2H3,(H,18,21). The lowest BCUT2D eigenvalue weighted by atomic mass is 10.0. The van der Waals surface area contributed by atoms with Gasteiger partial charge in [0.05, 0.1) is 6.10 Å². The van der Waals surface area contributed by atoms with Gasteiger partial charge >= 0.3 is 0 Å². The molecule has 0 aromatic carbocycles. The molecule has 2 rings (SSSR count). The van der Waals surface area contributed by atoms with Gasteiger partial charge in [-0.25, -0.2) is 9.97 Å². The summed E-state index contributed by atoms with van der Waals surface area (Å²) < 4.78 is 1.74. The van der Waals surface area contributed by atoms with Crippen LogP contribution in [0.3, 0.4) is 0 Å². The van der Waals surface area contributed by atoms with Crippen molar-refractivity contribution in [3.63, 3.8) is 0 Å². The molecule has 112 valence electrons. The maximum Gasteiger partial charge on any atom is 0.251 e. The van der Waals surface area contributed by atoms with E-state index in [4.69, 9.17) is 0 Å². The van der Waals surface area contributed by atoms with Gasteiger partial charge in [0.25, 0.3) is 5.91 Å². The Morgan fingerprint density at radius 3 is 2.90 bits per heavy atom. The Labute approximate surface area is 123 Å². The lowest BCUT2D eigenvalue weighted by Gasteiger charge is -2.14. The summed E-state index contributed by atoms with van der Waals surface area (Å²) in [7, 11) is 0. The Balaban J connectivity index is 1.98. The van der Waals surface area contributed by atoms with Crippen LogP contribution in [0, 0.1) is 5.92 Å². The van der Waals surface area contributed by atoms with Crippen molar-refractivity contribution in [2.24, 2.45) is 5.92 Å². The maximum atomic E-state index is 12.1. The van der Waals surface area contributed by atoms with Crippen LogP contribution in [0.5, 0.6) is 0 Å². The zero-order chi connectivity index (χ0) is 15.2. The van der Waals surface area contributed by atoms with Gasteiger partial charge in [-0.3, -0.25) is 9.36 Å². The molecule has 0 aliphatic rings. The molecule has 2 aromatic rings. The van der Waals surface area contributed by atoms with Crippen molar-refractivity contribution >= 4 is 5.91 Å². The third-order valence-corrected chi connectivity index (χ3v) is 3.13. The molecule has 6 heteroatoms. The average Bonchev–Trinajstić information content (AvgIpc) is 2.98. The zero-order valence-corrected chi connectivity index (χ0v) is 12.2. The van der Waals surface area contributed by atoms with Crippen molar-refractivity contribution in [3.8, 4) is 5.82 Å². The number of nitrogens with one attached hydrogen (secondary N) is 1. The summed E-state index contributed by atoms with van der Waals surface area (Å²) in [5.74, 6) is 0.734. The fraction of sp³-hybridized carbons (Fsp3) is 0.400. The second-order valence-corrected chi connectivity index (χ2v) is 5.27.